The molecule has 1 aromatic carbocycles. The predicted molar refractivity (Wildman–Crippen MR) is 80.3 cm³/mol. The van der Waals surface area contributed by atoms with Gasteiger partial charge in [-0.3, -0.25) is 4.90 Å². The Balaban J connectivity index is 2.07. The summed E-state index contributed by atoms with van der Waals surface area (Å²) in [6.07, 6.45) is 2.12. The van der Waals surface area contributed by atoms with Crippen LogP contribution in [0.2, 0.25) is 0 Å². The number of benzene rings is 1. The van der Waals surface area contributed by atoms with E-state index in [2.05, 4.69) is 61.5 Å². The topological polar surface area (TPSA) is 15.3 Å². The van der Waals surface area contributed by atoms with E-state index in [-0.39, 0.29) is 0 Å². The average molecular weight is 264 g/mol. The SMILES string of the molecule is CSc1ccc(C(C)N2CC(C)NC(C)C2)cc1. The van der Waals surface area contributed by atoms with Gasteiger partial charge < -0.3 is 5.32 Å². The van der Waals surface area contributed by atoms with Crippen LogP contribution in [0.15, 0.2) is 29.2 Å². The number of thioether (sulfide) groups is 1. The Morgan fingerprint density at radius 2 is 1.72 bits per heavy atom. The van der Waals surface area contributed by atoms with Gasteiger partial charge in [0.05, 0.1) is 0 Å². The maximum atomic E-state index is 3.59. The zero-order chi connectivity index (χ0) is 13.1. The van der Waals surface area contributed by atoms with Gasteiger partial charge in [0.15, 0.2) is 0 Å². The molecule has 0 spiro atoms. The molecule has 1 heterocycles. The molecule has 0 amide bonds. The summed E-state index contributed by atoms with van der Waals surface area (Å²) in [6, 6.07) is 10.7. The van der Waals surface area contributed by atoms with Gasteiger partial charge in [-0.15, -0.1) is 11.8 Å². The van der Waals surface area contributed by atoms with Crippen molar-refractivity contribution < 1.29 is 0 Å². The molecule has 3 heteroatoms. The summed E-state index contributed by atoms with van der Waals surface area (Å²) in [5, 5.41) is 3.59. The number of rotatable bonds is 3. The number of piperazine rings is 1. The quantitative estimate of drug-likeness (QED) is 0.844. The maximum absolute atomic E-state index is 3.59. The van der Waals surface area contributed by atoms with Crippen LogP contribution in [0, 0.1) is 0 Å². The van der Waals surface area contributed by atoms with E-state index in [1.54, 1.807) is 11.8 Å². The molecule has 0 radical (unpaired) electrons. The molecule has 1 N–H and O–H groups in total. The smallest absolute Gasteiger partial charge is 0.0321 e. The number of nitrogens with zero attached hydrogens (tertiary/aromatic N) is 1. The Kier molecular flexibility index (Phi) is 4.71. The third kappa shape index (κ3) is 3.28. The lowest BCUT2D eigenvalue weighted by Crippen LogP contribution is -2.54. The van der Waals surface area contributed by atoms with Crippen molar-refractivity contribution in [2.24, 2.45) is 0 Å². The van der Waals surface area contributed by atoms with Crippen molar-refractivity contribution in [1.29, 1.82) is 0 Å². The van der Waals surface area contributed by atoms with Crippen LogP contribution in [0.25, 0.3) is 0 Å². The Hall–Kier alpha value is -0.510. The van der Waals surface area contributed by atoms with Crippen molar-refractivity contribution in [3.8, 4) is 0 Å². The van der Waals surface area contributed by atoms with E-state index < -0.39 is 0 Å². The van der Waals surface area contributed by atoms with Crippen LogP contribution in [-0.2, 0) is 0 Å². The van der Waals surface area contributed by atoms with Gasteiger partial charge in [0.25, 0.3) is 0 Å². The van der Waals surface area contributed by atoms with Crippen molar-refractivity contribution in [3.63, 3.8) is 0 Å². The fourth-order valence-electron chi connectivity index (χ4n) is 2.78. The van der Waals surface area contributed by atoms with Crippen molar-refractivity contribution in [1.82, 2.24) is 10.2 Å². The van der Waals surface area contributed by atoms with Gasteiger partial charge in [-0.2, -0.15) is 0 Å². The summed E-state index contributed by atoms with van der Waals surface area (Å²) < 4.78 is 0. The van der Waals surface area contributed by atoms with Crippen molar-refractivity contribution in [2.75, 3.05) is 19.3 Å². The van der Waals surface area contributed by atoms with Gasteiger partial charge in [-0.25, -0.2) is 0 Å². The van der Waals surface area contributed by atoms with Crippen molar-refractivity contribution in [3.05, 3.63) is 29.8 Å². The second-order valence-electron chi connectivity index (χ2n) is 5.37. The number of nitrogens with one attached hydrogen (secondary N) is 1. The van der Waals surface area contributed by atoms with Gasteiger partial charge in [-0.05, 0) is 44.7 Å². The third-order valence-corrected chi connectivity index (χ3v) is 4.48. The van der Waals surface area contributed by atoms with Crippen LogP contribution < -0.4 is 5.32 Å². The molecule has 0 saturated carbocycles. The molecule has 1 aliphatic rings. The van der Waals surface area contributed by atoms with Crippen LogP contribution in [0.1, 0.15) is 32.4 Å². The number of hydrogen-bond donors (Lipinski definition) is 1. The first kappa shape index (κ1) is 13.9. The van der Waals surface area contributed by atoms with E-state index in [4.69, 9.17) is 0 Å². The summed E-state index contributed by atoms with van der Waals surface area (Å²) in [4.78, 5) is 3.92. The zero-order valence-electron chi connectivity index (χ0n) is 11.8. The third-order valence-electron chi connectivity index (χ3n) is 3.73. The van der Waals surface area contributed by atoms with Crippen molar-refractivity contribution in [2.45, 2.75) is 43.8 Å². The van der Waals surface area contributed by atoms with Crippen LogP contribution in [0.3, 0.4) is 0 Å². The standard InChI is InChI=1S/C15H24N2S/c1-11-9-17(10-12(2)16-11)13(3)14-5-7-15(18-4)8-6-14/h5-8,11-13,16H,9-10H2,1-4H3. The summed E-state index contributed by atoms with van der Waals surface area (Å²) in [7, 11) is 0. The molecular formula is C15H24N2S. The molecule has 0 aliphatic carbocycles. The number of hydrogen-bond acceptors (Lipinski definition) is 3. The Morgan fingerprint density at radius 1 is 1.17 bits per heavy atom. The highest BCUT2D eigenvalue weighted by atomic mass is 32.2. The maximum Gasteiger partial charge on any atom is 0.0321 e. The minimum atomic E-state index is 0.507. The Morgan fingerprint density at radius 3 is 2.22 bits per heavy atom. The molecule has 1 saturated heterocycles. The van der Waals surface area contributed by atoms with E-state index in [0.717, 1.165) is 13.1 Å². The fraction of sp³-hybridized carbons (Fsp3) is 0.600. The second kappa shape index (κ2) is 6.09. The van der Waals surface area contributed by atoms with Crippen LogP contribution in [-0.4, -0.2) is 36.3 Å². The Bertz CT molecular complexity index is 367. The highest BCUT2D eigenvalue weighted by molar-refractivity contribution is 7.98. The van der Waals surface area contributed by atoms with E-state index >= 15 is 0 Å². The predicted octanol–water partition coefficient (Wildman–Crippen LogP) is 3.15. The lowest BCUT2D eigenvalue weighted by molar-refractivity contribution is 0.131. The molecule has 100 valence electrons. The van der Waals surface area contributed by atoms with E-state index in [0.29, 0.717) is 18.1 Å². The van der Waals surface area contributed by atoms with Gasteiger partial charge in [0.1, 0.15) is 0 Å². The molecule has 3 atom stereocenters. The molecule has 3 unspecified atom stereocenters. The van der Waals surface area contributed by atoms with Gasteiger partial charge >= 0.3 is 0 Å². The van der Waals surface area contributed by atoms with E-state index in [9.17, 15) is 0 Å². The van der Waals surface area contributed by atoms with Crippen LogP contribution in [0.5, 0.6) is 0 Å². The molecule has 2 rings (SSSR count). The summed E-state index contributed by atoms with van der Waals surface area (Å²) in [6.45, 7) is 9.13. The molecule has 1 aromatic rings. The molecule has 0 aromatic heterocycles. The second-order valence-corrected chi connectivity index (χ2v) is 6.25. The molecule has 1 aliphatic heterocycles. The summed E-state index contributed by atoms with van der Waals surface area (Å²) >= 11 is 1.80. The van der Waals surface area contributed by atoms with Crippen molar-refractivity contribution >= 4 is 11.8 Å². The van der Waals surface area contributed by atoms with E-state index in [1.807, 2.05) is 0 Å². The first-order chi connectivity index (χ1) is 8.60. The largest absolute Gasteiger partial charge is 0.309 e. The average Bonchev–Trinajstić information content (AvgIpc) is 2.37. The minimum Gasteiger partial charge on any atom is -0.309 e. The Labute approximate surface area is 115 Å². The molecule has 0 bridgehead atoms. The van der Waals surface area contributed by atoms with Gasteiger partial charge in [0, 0.05) is 36.1 Å². The van der Waals surface area contributed by atoms with Crippen LogP contribution >= 0.6 is 11.8 Å². The first-order valence-corrected chi connectivity index (χ1v) is 7.96. The van der Waals surface area contributed by atoms with Gasteiger partial charge in [-0.1, -0.05) is 12.1 Å². The molecule has 2 nitrogen and oxygen atoms in total. The highest BCUT2D eigenvalue weighted by Crippen LogP contribution is 2.24. The lowest BCUT2D eigenvalue weighted by Gasteiger charge is -2.39. The normalized spacial score (nSPS) is 27.1. The minimum absolute atomic E-state index is 0.507. The lowest BCUT2D eigenvalue weighted by atomic mass is 10.0. The van der Waals surface area contributed by atoms with E-state index in [1.165, 1.54) is 10.5 Å². The zero-order valence-corrected chi connectivity index (χ0v) is 12.6. The van der Waals surface area contributed by atoms with Gasteiger partial charge in [0.2, 0.25) is 0 Å². The molecule has 1 fully saturated rings. The molecule has 18 heavy (non-hydrogen) atoms. The monoisotopic (exact) mass is 264 g/mol. The summed E-state index contributed by atoms with van der Waals surface area (Å²) in [5.74, 6) is 0. The molecular weight excluding hydrogens is 240 g/mol. The first-order valence-electron chi connectivity index (χ1n) is 6.74. The summed E-state index contributed by atoms with van der Waals surface area (Å²) in [5.41, 5.74) is 1.43. The highest BCUT2D eigenvalue weighted by Gasteiger charge is 2.25. The van der Waals surface area contributed by atoms with Crippen LogP contribution in [0.4, 0.5) is 0 Å². The fourth-order valence-corrected chi connectivity index (χ4v) is 3.19.